The molecule has 50 valence electrons. The summed E-state index contributed by atoms with van der Waals surface area (Å²) in [7, 11) is 1.16. The highest BCUT2D eigenvalue weighted by Crippen LogP contribution is 2.24. The Labute approximate surface area is 60.4 Å². The summed E-state index contributed by atoms with van der Waals surface area (Å²) in [5.74, 6) is 0. The van der Waals surface area contributed by atoms with Crippen molar-refractivity contribution in [3.05, 3.63) is 38.0 Å². The first kappa shape index (κ1) is 8.44. The van der Waals surface area contributed by atoms with Gasteiger partial charge in [0, 0.05) is 15.7 Å². The van der Waals surface area contributed by atoms with E-state index in [-0.39, 0.29) is 5.41 Å². The van der Waals surface area contributed by atoms with Crippen LogP contribution in [-0.4, -0.2) is 10.2 Å². The van der Waals surface area contributed by atoms with Crippen molar-refractivity contribution in [2.24, 2.45) is 5.41 Å². The molecule has 0 unspecified atom stereocenters. The van der Waals surface area contributed by atoms with Crippen LogP contribution in [0.1, 0.15) is 0 Å². The molecule has 0 heterocycles. The molecule has 0 rings (SSSR count). The fraction of sp³-hybridized carbons (Fsp3) is 0.250. The van der Waals surface area contributed by atoms with Gasteiger partial charge >= 0.3 is 0 Å². The van der Waals surface area contributed by atoms with Crippen LogP contribution in [0, 0.1) is 5.41 Å². The van der Waals surface area contributed by atoms with E-state index in [1.165, 1.54) is 0 Å². The van der Waals surface area contributed by atoms with Crippen molar-refractivity contribution in [2.45, 2.75) is 6.04 Å². The quantitative estimate of drug-likeness (QED) is 0.406. The van der Waals surface area contributed by atoms with Gasteiger partial charge in [0.2, 0.25) is 0 Å². The normalized spacial score (nSPS) is 10.7. The van der Waals surface area contributed by atoms with Crippen LogP contribution in [0.3, 0.4) is 0 Å². The highest BCUT2D eigenvalue weighted by atomic mass is 28.1. The van der Waals surface area contributed by atoms with Crippen LogP contribution in [0.2, 0.25) is 6.04 Å². The molecule has 0 spiro atoms. The molecule has 0 nitrogen and oxygen atoms in total. The van der Waals surface area contributed by atoms with Crippen molar-refractivity contribution in [2.75, 3.05) is 0 Å². The Morgan fingerprint density at radius 1 is 1.11 bits per heavy atom. The summed E-state index contributed by atoms with van der Waals surface area (Å²) in [6.07, 6.45) is 5.71. The minimum Gasteiger partial charge on any atom is -0.102 e. The molecular weight excluding hydrogens is 124 g/mol. The lowest BCUT2D eigenvalue weighted by molar-refractivity contribution is 0.722. The molecule has 0 aliphatic rings. The van der Waals surface area contributed by atoms with Crippen molar-refractivity contribution in [3.63, 3.8) is 0 Å². The van der Waals surface area contributed by atoms with Gasteiger partial charge < -0.3 is 0 Å². The van der Waals surface area contributed by atoms with Gasteiger partial charge in [-0.2, -0.15) is 0 Å². The molecule has 0 fully saturated rings. The Balaban J connectivity index is 4.34. The van der Waals surface area contributed by atoms with Gasteiger partial charge in [0.25, 0.3) is 0 Å². The fourth-order valence-corrected chi connectivity index (χ4v) is 1.55. The second kappa shape index (κ2) is 3.46. The van der Waals surface area contributed by atoms with E-state index in [9.17, 15) is 0 Å². The minimum atomic E-state index is 0.0201. The SMILES string of the molecule is C=CC(C=C)(C=C)C[SiH3]. The first-order chi connectivity index (χ1) is 4.24. The lowest BCUT2D eigenvalue weighted by Gasteiger charge is -2.18. The molecular formula is C8H14Si. The Kier molecular flexibility index (Phi) is 3.24. The molecule has 9 heavy (non-hydrogen) atoms. The molecule has 0 atom stereocenters. The Hall–Kier alpha value is -0.563. The molecule has 0 aromatic carbocycles. The van der Waals surface area contributed by atoms with Gasteiger partial charge in [-0.05, 0) is 0 Å². The largest absolute Gasteiger partial charge is 0.102 e. The van der Waals surface area contributed by atoms with Gasteiger partial charge in [-0.1, -0.05) is 24.3 Å². The van der Waals surface area contributed by atoms with E-state index >= 15 is 0 Å². The maximum absolute atomic E-state index is 3.73. The second-order valence-electron chi connectivity index (χ2n) is 2.08. The first-order valence-corrected chi connectivity index (χ1v) is 4.57. The maximum atomic E-state index is 3.73. The number of rotatable bonds is 4. The van der Waals surface area contributed by atoms with Crippen LogP contribution in [0.25, 0.3) is 0 Å². The standard InChI is InChI=1S/C8H14Si/c1-4-8(5-2,6-3)7-9/h4-6H,1-3,7H2,9H3. The molecule has 0 saturated carbocycles. The molecule has 0 aliphatic carbocycles. The van der Waals surface area contributed by atoms with Gasteiger partial charge in [0.1, 0.15) is 0 Å². The first-order valence-electron chi connectivity index (χ1n) is 3.15. The van der Waals surface area contributed by atoms with Crippen LogP contribution in [0.15, 0.2) is 38.0 Å². The van der Waals surface area contributed by atoms with Crippen molar-refractivity contribution in [1.29, 1.82) is 0 Å². The predicted octanol–water partition coefficient (Wildman–Crippen LogP) is 1.31. The summed E-state index contributed by atoms with van der Waals surface area (Å²) < 4.78 is 0. The van der Waals surface area contributed by atoms with Crippen LogP contribution in [0.5, 0.6) is 0 Å². The van der Waals surface area contributed by atoms with E-state index in [1.807, 2.05) is 18.2 Å². The predicted molar refractivity (Wildman–Crippen MR) is 47.8 cm³/mol. The van der Waals surface area contributed by atoms with Crippen molar-refractivity contribution >= 4 is 10.2 Å². The third kappa shape index (κ3) is 1.68. The average molecular weight is 138 g/mol. The Morgan fingerprint density at radius 2 is 1.44 bits per heavy atom. The third-order valence-corrected chi connectivity index (χ3v) is 2.98. The molecule has 0 aromatic rings. The highest BCUT2D eigenvalue weighted by Gasteiger charge is 2.13. The third-order valence-electron chi connectivity index (χ3n) is 1.75. The van der Waals surface area contributed by atoms with E-state index in [4.69, 9.17) is 0 Å². The zero-order valence-corrected chi connectivity index (χ0v) is 8.06. The molecule has 0 amide bonds. The zero-order chi connectivity index (χ0) is 7.33. The number of hydrogen-bond donors (Lipinski definition) is 0. The molecule has 1 heteroatoms. The van der Waals surface area contributed by atoms with Crippen molar-refractivity contribution in [1.82, 2.24) is 0 Å². The van der Waals surface area contributed by atoms with Crippen LogP contribution >= 0.6 is 0 Å². The second-order valence-corrected chi connectivity index (χ2v) is 2.79. The average Bonchev–Trinajstić information content (AvgIpc) is 1.95. The van der Waals surface area contributed by atoms with Crippen molar-refractivity contribution in [3.8, 4) is 0 Å². The van der Waals surface area contributed by atoms with Gasteiger partial charge in [-0.25, -0.2) is 0 Å². The molecule has 0 saturated heterocycles. The molecule has 0 aromatic heterocycles. The number of allylic oxidation sites excluding steroid dienone is 3. The highest BCUT2D eigenvalue weighted by molar-refractivity contribution is 6.09. The summed E-state index contributed by atoms with van der Waals surface area (Å²) in [5.41, 5.74) is 0.0201. The van der Waals surface area contributed by atoms with E-state index in [2.05, 4.69) is 19.7 Å². The van der Waals surface area contributed by atoms with E-state index < -0.39 is 0 Å². The Morgan fingerprint density at radius 3 is 1.44 bits per heavy atom. The van der Waals surface area contributed by atoms with Gasteiger partial charge in [0.15, 0.2) is 0 Å². The zero-order valence-electron chi connectivity index (χ0n) is 6.06. The lowest BCUT2D eigenvalue weighted by Crippen LogP contribution is -2.08. The topological polar surface area (TPSA) is 0 Å². The summed E-state index contributed by atoms with van der Waals surface area (Å²) in [6, 6.07) is 1.13. The number of hydrogen-bond acceptors (Lipinski definition) is 0. The van der Waals surface area contributed by atoms with Gasteiger partial charge in [-0.3, -0.25) is 0 Å². The van der Waals surface area contributed by atoms with E-state index in [1.54, 1.807) is 0 Å². The molecule has 0 aliphatic heterocycles. The molecule has 0 N–H and O–H groups in total. The monoisotopic (exact) mass is 138 g/mol. The van der Waals surface area contributed by atoms with Gasteiger partial charge in [0.05, 0.1) is 0 Å². The molecule has 0 radical (unpaired) electrons. The summed E-state index contributed by atoms with van der Waals surface area (Å²) in [4.78, 5) is 0. The maximum Gasteiger partial charge on any atom is 0.0202 e. The van der Waals surface area contributed by atoms with Crippen LogP contribution in [0.4, 0.5) is 0 Å². The van der Waals surface area contributed by atoms with Crippen LogP contribution in [-0.2, 0) is 0 Å². The summed E-state index contributed by atoms with van der Waals surface area (Å²) >= 11 is 0. The van der Waals surface area contributed by atoms with Crippen LogP contribution < -0.4 is 0 Å². The van der Waals surface area contributed by atoms with E-state index in [0.29, 0.717) is 0 Å². The lowest BCUT2D eigenvalue weighted by atomic mass is 9.91. The minimum absolute atomic E-state index is 0.0201. The van der Waals surface area contributed by atoms with E-state index in [0.717, 1.165) is 16.3 Å². The molecule has 0 bridgehead atoms. The fourth-order valence-electron chi connectivity index (χ4n) is 0.683. The smallest absolute Gasteiger partial charge is 0.0202 e. The van der Waals surface area contributed by atoms with Crippen molar-refractivity contribution < 1.29 is 0 Å². The summed E-state index contributed by atoms with van der Waals surface area (Å²) in [5, 5.41) is 0. The summed E-state index contributed by atoms with van der Waals surface area (Å²) in [6.45, 7) is 11.2. The van der Waals surface area contributed by atoms with Gasteiger partial charge in [-0.15, -0.1) is 19.7 Å². The Bertz CT molecular complexity index is 103.